The summed E-state index contributed by atoms with van der Waals surface area (Å²) in [6.45, 7) is 1.99. The van der Waals surface area contributed by atoms with Crippen LogP contribution in [0.4, 0.5) is 0 Å². The van der Waals surface area contributed by atoms with Crippen LogP contribution in [0.5, 0.6) is 23.0 Å². The summed E-state index contributed by atoms with van der Waals surface area (Å²) in [5.41, 5.74) is 1.04. The van der Waals surface area contributed by atoms with Crippen molar-refractivity contribution in [3.8, 4) is 23.0 Å². The first-order chi connectivity index (χ1) is 8.72. The second kappa shape index (κ2) is 5.45. The van der Waals surface area contributed by atoms with Gasteiger partial charge < -0.3 is 14.2 Å². The predicted molar refractivity (Wildman–Crippen MR) is 70.8 cm³/mol. The summed E-state index contributed by atoms with van der Waals surface area (Å²) in [4.78, 5) is 0. The van der Waals surface area contributed by atoms with E-state index in [0.717, 1.165) is 28.6 Å². The molecule has 0 heterocycles. The van der Waals surface area contributed by atoms with Gasteiger partial charge in [0.25, 0.3) is 0 Å². The Kier molecular flexibility index (Phi) is 3.72. The molecule has 0 N–H and O–H groups in total. The highest BCUT2D eigenvalue weighted by Crippen LogP contribution is 2.27. The SMILES string of the molecule is COc1ccc(Oc2ccc(OC)c(C)c2)cc1. The molecule has 0 unspecified atom stereocenters. The number of aryl methyl sites for hydroxylation is 1. The molecular formula is C15H16O3. The van der Waals surface area contributed by atoms with E-state index in [4.69, 9.17) is 14.2 Å². The van der Waals surface area contributed by atoms with Crippen molar-refractivity contribution >= 4 is 0 Å². The minimum atomic E-state index is 0.778. The van der Waals surface area contributed by atoms with Gasteiger partial charge >= 0.3 is 0 Å². The molecule has 2 aromatic carbocycles. The Balaban J connectivity index is 2.15. The van der Waals surface area contributed by atoms with Crippen molar-refractivity contribution in [2.75, 3.05) is 14.2 Å². The van der Waals surface area contributed by atoms with Crippen LogP contribution in [0.2, 0.25) is 0 Å². The average Bonchev–Trinajstić information content (AvgIpc) is 2.40. The molecule has 0 fully saturated rings. The lowest BCUT2D eigenvalue weighted by atomic mass is 10.2. The minimum Gasteiger partial charge on any atom is -0.497 e. The number of hydrogen-bond acceptors (Lipinski definition) is 3. The van der Waals surface area contributed by atoms with Crippen LogP contribution in [0.3, 0.4) is 0 Å². The standard InChI is InChI=1S/C15H16O3/c1-11-10-14(8-9-15(11)17-3)18-13-6-4-12(16-2)5-7-13/h4-10H,1-3H3. The van der Waals surface area contributed by atoms with E-state index in [1.165, 1.54) is 0 Å². The zero-order valence-electron chi connectivity index (χ0n) is 10.8. The van der Waals surface area contributed by atoms with Gasteiger partial charge in [-0.15, -0.1) is 0 Å². The van der Waals surface area contributed by atoms with Crippen LogP contribution in [0, 0.1) is 6.92 Å². The number of benzene rings is 2. The van der Waals surface area contributed by atoms with E-state index in [9.17, 15) is 0 Å². The molecule has 0 aliphatic carbocycles. The molecule has 18 heavy (non-hydrogen) atoms. The third kappa shape index (κ3) is 2.74. The van der Waals surface area contributed by atoms with E-state index in [-0.39, 0.29) is 0 Å². The summed E-state index contributed by atoms with van der Waals surface area (Å²) in [5, 5.41) is 0. The molecule has 0 aliphatic heterocycles. The molecule has 0 saturated heterocycles. The molecule has 0 atom stereocenters. The van der Waals surface area contributed by atoms with Crippen molar-refractivity contribution in [2.45, 2.75) is 6.92 Å². The maximum Gasteiger partial charge on any atom is 0.127 e. The van der Waals surface area contributed by atoms with Gasteiger partial charge in [0, 0.05) is 0 Å². The fraction of sp³-hybridized carbons (Fsp3) is 0.200. The first kappa shape index (κ1) is 12.3. The van der Waals surface area contributed by atoms with E-state index in [1.54, 1.807) is 14.2 Å². The third-order valence-electron chi connectivity index (χ3n) is 2.66. The molecule has 0 radical (unpaired) electrons. The van der Waals surface area contributed by atoms with Crippen LogP contribution >= 0.6 is 0 Å². The van der Waals surface area contributed by atoms with Gasteiger partial charge in [0.2, 0.25) is 0 Å². The molecule has 2 rings (SSSR count). The van der Waals surface area contributed by atoms with Crippen molar-refractivity contribution in [2.24, 2.45) is 0 Å². The molecule has 3 nitrogen and oxygen atoms in total. The second-order valence-corrected chi connectivity index (χ2v) is 3.91. The number of methoxy groups -OCH3 is 2. The largest absolute Gasteiger partial charge is 0.497 e. The molecule has 0 aliphatic rings. The Hall–Kier alpha value is -2.16. The van der Waals surface area contributed by atoms with Crippen LogP contribution in [0.1, 0.15) is 5.56 Å². The summed E-state index contributed by atoms with van der Waals surface area (Å²) in [6.07, 6.45) is 0. The maximum atomic E-state index is 5.75. The van der Waals surface area contributed by atoms with E-state index in [0.29, 0.717) is 0 Å². The van der Waals surface area contributed by atoms with Gasteiger partial charge in [0.05, 0.1) is 14.2 Å². The van der Waals surface area contributed by atoms with Gasteiger partial charge in [0.1, 0.15) is 23.0 Å². The summed E-state index contributed by atoms with van der Waals surface area (Å²) < 4.78 is 16.1. The molecule has 3 heteroatoms. The van der Waals surface area contributed by atoms with E-state index in [2.05, 4.69) is 0 Å². The molecule has 94 valence electrons. The van der Waals surface area contributed by atoms with Crippen LogP contribution < -0.4 is 14.2 Å². The topological polar surface area (TPSA) is 27.7 Å². The highest BCUT2D eigenvalue weighted by molar-refractivity contribution is 5.42. The van der Waals surface area contributed by atoms with Gasteiger partial charge in [-0.3, -0.25) is 0 Å². The molecule has 0 amide bonds. The summed E-state index contributed by atoms with van der Waals surface area (Å²) >= 11 is 0. The number of rotatable bonds is 4. The average molecular weight is 244 g/mol. The Labute approximate surface area is 107 Å². The summed E-state index contributed by atoms with van der Waals surface area (Å²) in [6, 6.07) is 13.2. The number of hydrogen-bond donors (Lipinski definition) is 0. The normalized spacial score (nSPS) is 9.94. The first-order valence-corrected chi connectivity index (χ1v) is 5.69. The van der Waals surface area contributed by atoms with Crippen molar-refractivity contribution in [3.63, 3.8) is 0 Å². The zero-order chi connectivity index (χ0) is 13.0. The first-order valence-electron chi connectivity index (χ1n) is 5.69. The van der Waals surface area contributed by atoms with Crippen LogP contribution in [0.25, 0.3) is 0 Å². The van der Waals surface area contributed by atoms with Crippen molar-refractivity contribution in [1.82, 2.24) is 0 Å². The van der Waals surface area contributed by atoms with Crippen molar-refractivity contribution in [1.29, 1.82) is 0 Å². The highest BCUT2D eigenvalue weighted by atomic mass is 16.5. The van der Waals surface area contributed by atoms with Crippen LogP contribution in [0.15, 0.2) is 42.5 Å². The predicted octanol–water partition coefficient (Wildman–Crippen LogP) is 3.80. The molecule has 0 saturated carbocycles. The molecule has 2 aromatic rings. The van der Waals surface area contributed by atoms with Crippen molar-refractivity contribution < 1.29 is 14.2 Å². The maximum absolute atomic E-state index is 5.75. The number of ether oxygens (including phenoxy) is 3. The Bertz CT molecular complexity index is 518. The van der Waals surface area contributed by atoms with Crippen molar-refractivity contribution in [3.05, 3.63) is 48.0 Å². The van der Waals surface area contributed by atoms with Gasteiger partial charge in [-0.05, 0) is 55.0 Å². The quantitative estimate of drug-likeness (QED) is 0.818. The summed E-state index contributed by atoms with van der Waals surface area (Å²) in [7, 11) is 3.30. The minimum absolute atomic E-state index is 0.778. The lowest BCUT2D eigenvalue weighted by Crippen LogP contribution is -1.89. The lowest BCUT2D eigenvalue weighted by molar-refractivity contribution is 0.408. The Morgan fingerprint density at radius 1 is 0.722 bits per heavy atom. The monoisotopic (exact) mass is 244 g/mol. The van der Waals surface area contributed by atoms with E-state index >= 15 is 0 Å². The van der Waals surface area contributed by atoms with Crippen LogP contribution in [-0.2, 0) is 0 Å². The van der Waals surface area contributed by atoms with Gasteiger partial charge in [-0.2, -0.15) is 0 Å². The van der Waals surface area contributed by atoms with Gasteiger partial charge in [0.15, 0.2) is 0 Å². The lowest BCUT2D eigenvalue weighted by Gasteiger charge is -2.09. The molecule has 0 bridgehead atoms. The smallest absolute Gasteiger partial charge is 0.127 e. The van der Waals surface area contributed by atoms with Gasteiger partial charge in [-0.1, -0.05) is 0 Å². The zero-order valence-corrected chi connectivity index (χ0v) is 10.8. The molecule has 0 aromatic heterocycles. The molecular weight excluding hydrogens is 228 g/mol. The Morgan fingerprint density at radius 2 is 1.33 bits per heavy atom. The molecule has 0 spiro atoms. The van der Waals surface area contributed by atoms with Crippen LogP contribution in [-0.4, -0.2) is 14.2 Å². The Morgan fingerprint density at radius 3 is 1.89 bits per heavy atom. The van der Waals surface area contributed by atoms with E-state index < -0.39 is 0 Å². The van der Waals surface area contributed by atoms with E-state index in [1.807, 2.05) is 49.4 Å². The second-order valence-electron chi connectivity index (χ2n) is 3.91. The van der Waals surface area contributed by atoms with Gasteiger partial charge in [-0.25, -0.2) is 0 Å². The summed E-state index contributed by atoms with van der Waals surface area (Å²) in [5.74, 6) is 3.24. The fourth-order valence-corrected chi connectivity index (χ4v) is 1.69. The third-order valence-corrected chi connectivity index (χ3v) is 2.66. The highest BCUT2D eigenvalue weighted by Gasteiger charge is 2.02. The fourth-order valence-electron chi connectivity index (χ4n) is 1.69.